The Bertz CT molecular complexity index is 1420. The molecule has 172 valence electrons. The molecule has 1 N–H and O–H groups in total. The highest BCUT2D eigenvalue weighted by Crippen LogP contribution is 2.29. The van der Waals surface area contributed by atoms with E-state index in [1.807, 2.05) is 0 Å². The molecule has 0 radical (unpaired) electrons. The van der Waals surface area contributed by atoms with Crippen LogP contribution in [0.25, 0.3) is 16.9 Å². The van der Waals surface area contributed by atoms with Crippen LogP contribution in [0, 0.1) is 12.7 Å². The standard InChI is InChI=1S/C24H21FN6O3/c1-14-22-27-12-20(16-5-8-21(26-11-16)29-24(33)34-2)31(22)13-18(28-14)23(32)30-9-3-4-15-10-17(25)6-7-19(15)30/h5-8,10-13H,3-4,9H2,1-2H3,(H,26,29,33). The van der Waals surface area contributed by atoms with Gasteiger partial charge in [-0.2, -0.15) is 0 Å². The van der Waals surface area contributed by atoms with Crippen molar-refractivity contribution in [2.24, 2.45) is 0 Å². The number of pyridine rings is 1. The number of hydrogen-bond donors (Lipinski definition) is 1. The molecule has 3 aromatic heterocycles. The van der Waals surface area contributed by atoms with E-state index in [1.54, 1.807) is 53.0 Å². The molecule has 0 bridgehead atoms. The number of aryl methyl sites for hydroxylation is 2. The molecule has 1 aliphatic heterocycles. The molecular formula is C24H21FN6O3. The molecule has 1 aromatic carbocycles. The third kappa shape index (κ3) is 3.83. The van der Waals surface area contributed by atoms with Gasteiger partial charge >= 0.3 is 6.09 Å². The first-order valence-corrected chi connectivity index (χ1v) is 10.7. The normalized spacial score (nSPS) is 13.0. The van der Waals surface area contributed by atoms with Gasteiger partial charge in [-0.3, -0.25) is 14.5 Å². The number of ether oxygens (including phenoxy) is 1. The molecule has 2 amide bonds. The fourth-order valence-electron chi connectivity index (χ4n) is 4.15. The van der Waals surface area contributed by atoms with Gasteiger partial charge in [-0.1, -0.05) is 0 Å². The zero-order valence-corrected chi connectivity index (χ0v) is 18.6. The molecule has 9 nitrogen and oxygen atoms in total. The Morgan fingerprint density at radius 1 is 1.15 bits per heavy atom. The van der Waals surface area contributed by atoms with Crippen molar-refractivity contribution >= 4 is 29.2 Å². The van der Waals surface area contributed by atoms with Crippen molar-refractivity contribution in [2.75, 3.05) is 23.9 Å². The molecule has 0 spiro atoms. The number of methoxy groups -OCH3 is 1. The average Bonchev–Trinajstić information content (AvgIpc) is 3.28. The largest absolute Gasteiger partial charge is 0.453 e. The number of fused-ring (bicyclic) bond motifs is 2. The molecule has 0 saturated heterocycles. The predicted octanol–water partition coefficient (Wildman–Crippen LogP) is 4.01. The number of nitrogens with one attached hydrogen (secondary N) is 1. The van der Waals surface area contributed by atoms with Gasteiger partial charge in [0, 0.05) is 30.2 Å². The van der Waals surface area contributed by atoms with Gasteiger partial charge < -0.3 is 9.64 Å². The summed E-state index contributed by atoms with van der Waals surface area (Å²) >= 11 is 0. The van der Waals surface area contributed by atoms with E-state index < -0.39 is 6.09 Å². The van der Waals surface area contributed by atoms with Crippen LogP contribution in [0.4, 0.5) is 20.7 Å². The minimum atomic E-state index is -0.609. The molecule has 0 saturated carbocycles. The summed E-state index contributed by atoms with van der Waals surface area (Å²) in [5.74, 6) is -0.223. The summed E-state index contributed by atoms with van der Waals surface area (Å²) in [5, 5.41) is 2.50. The maximum absolute atomic E-state index is 13.7. The van der Waals surface area contributed by atoms with Gasteiger partial charge in [0.25, 0.3) is 5.91 Å². The quantitative estimate of drug-likeness (QED) is 0.496. The van der Waals surface area contributed by atoms with Crippen LogP contribution in [0.3, 0.4) is 0 Å². The van der Waals surface area contributed by atoms with Gasteiger partial charge in [-0.15, -0.1) is 0 Å². The second-order valence-electron chi connectivity index (χ2n) is 7.93. The fraction of sp³-hybridized carbons (Fsp3) is 0.208. The zero-order valence-electron chi connectivity index (χ0n) is 18.6. The highest BCUT2D eigenvalue weighted by molar-refractivity contribution is 6.05. The van der Waals surface area contributed by atoms with Gasteiger partial charge in [-0.05, 0) is 55.7 Å². The predicted molar refractivity (Wildman–Crippen MR) is 123 cm³/mol. The maximum Gasteiger partial charge on any atom is 0.412 e. The number of halogens is 1. The molecule has 34 heavy (non-hydrogen) atoms. The molecular weight excluding hydrogens is 439 g/mol. The minimum absolute atomic E-state index is 0.257. The van der Waals surface area contributed by atoms with Crippen LogP contribution in [-0.2, 0) is 11.2 Å². The van der Waals surface area contributed by atoms with Crippen LogP contribution in [-0.4, -0.2) is 45.0 Å². The Hall–Kier alpha value is -4.34. The van der Waals surface area contributed by atoms with Crippen molar-refractivity contribution < 1.29 is 18.7 Å². The van der Waals surface area contributed by atoms with E-state index in [9.17, 15) is 14.0 Å². The number of nitrogens with zero attached hydrogens (tertiary/aromatic N) is 5. The summed E-state index contributed by atoms with van der Waals surface area (Å²) in [4.78, 5) is 39.7. The first-order chi connectivity index (χ1) is 16.4. The maximum atomic E-state index is 13.7. The minimum Gasteiger partial charge on any atom is -0.453 e. The Kier molecular flexibility index (Phi) is 5.40. The number of hydrogen-bond acceptors (Lipinski definition) is 6. The van der Waals surface area contributed by atoms with Crippen molar-refractivity contribution in [3.8, 4) is 11.3 Å². The number of benzene rings is 1. The van der Waals surface area contributed by atoms with Crippen LogP contribution in [0.5, 0.6) is 0 Å². The molecule has 0 fully saturated rings. The van der Waals surface area contributed by atoms with Crippen molar-refractivity contribution in [2.45, 2.75) is 19.8 Å². The Morgan fingerprint density at radius 2 is 2.00 bits per heavy atom. The van der Waals surface area contributed by atoms with E-state index in [4.69, 9.17) is 0 Å². The lowest BCUT2D eigenvalue weighted by molar-refractivity contribution is 0.0979. The zero-order chi connectivity index (χ0) is 23.8. The number of carbonyl (C=O) groups is 2. The molecule has 4 heterocycles. The summed E-state index contributed by atoms with van der Waals surface area (Å²) < 4.78 is 20.1. The Balaban J connectivity index is 1.51. The van der Waals surface area contributed by atoms with E-state index in [0.29, 0.717) is 35.1 Å². The van der Waals surface area contributed by atoms with Gasteiger partial charge in [-0.25, -0.2) is 24.1 Å². The van der Waals surface area contributed by atoms with Crippen molar-refractivity contribution in [1.82, 2.24) is 19.4 Å². The number of rotatable bonds is 3. The molecule has 0 aliphatic carbocycles. The van der Waals surface area contributed by atoms with Crippen molar-refractivity contribution in [3.05, 3.63) is 71.7 Å². The Labute approximate surface area is 194 Å². The smallest absolute Gasteiger partial charge is 0.412 e. The average molecular weight is 460 g/mol. The van der Waals surface area contributed by atoms with Crippen molar-refractivity contribution in [3.63, 3.8) is 0 Å². The summed E-state index contributed by atoms with van der Waals surface area (Å²) in [5.41, 5.74) is 4.46. The van der Waals surface area contributed by atoms with Gasteiger partial charge in [0.2, 0.25) is 0 Å². The first kappa shape index (κ1) is 21.5. The second kappa shape index (κ2) is 8.54. The Morgan fingerprint density at radius 3 is 2.76 bits per heavy atom. The van der Waals surface area contributed by atoms with Gasteiger partial charge in [0.15, 0.2) is 5.65 Å². The lowest BCUT2D eigenvalue weighted by Crippen LogP contribution is -2.36. The molecule has 0 atom stereocenters. The van der Waals surface area contributed by atoms with Crippen LogP contribution < -0.4 is 10.2 Å². The van der Waals surface area contributed by atoms with Crippen LogP contribution in [0.1, 0.15) is 28.2 Å². The highest BCUT2D eigenvalue weighted by atomic mass is 19.1. The lowest BCUT2D eigenvalue weighted by Gasteiger charge is -2.29. The second-order valence-corrected chi connectivity index (χ2v) is 7.93. The first-order valence-electron chi connectivity index (χ1n) is 10.7. The number of anilines is 2. The number of aromatic nitrogens is 4. The van der Waals surface area contributed by atoms with Crippen LogP contribution >= 0.6 is 0 Å². The fourth-order valence-corrected chi connectivity index (χ4v) is 4.15. The van der Waals surface area contributed by atoms with Crippen LogP contribution in [0.15, 0.2) is 48.9 Å². The molecule has 10 heteroatoms. The third-order valence-electron chi connectivity index (χ3n) is 5.76. The summed E-state index contributed by atoms with van der Waals surface area (Å²) in [6, 6.07) is 7.93. The number of imidazole rings is 1. The molecule has 5 rings (SSSR count). The summed E-state index contributed by atoms with van der Waals surface area (Å²) in [7, 11) is 1.28. The number of amides is 2. The summed E-state index contributed by atoms with van der Waals surface area (Å²) in [6.45, 7) is 2.33. The lowest BCUT2D eigenvalue weighted by atomic mass is 10.0. The van der Waals surface area contributed by atoms with E-state index in [0.717, 1.165) is 24.0 Å². The molecule has 0 unspecified atom stereocenters. The SMILES string of the molecule is COC(=O)Nc1ccc(-c2cnc3c(C)nc(C(=O)N4CCCc5cc(F)ccc54)cn23)cn1. The number of carbonyl (C=O) groups excluding carboxylic acids is 2. The highest BCUT2D eigenvalue weighted by Gasteiger charge is 2.26. The monoisotopic (exact) mass is 460 g/mol. The van der Waals surface area contributed by atoms with Crippen molar-refractivity contribution in [1.29, 1.82) is 0 Å². The third-order valence-corrected chi connectivity index (χ3v) is 5.76. The topological polar surface area (TPSA) is 102 Å². The van der Waals surface area contributed by atoms with E-state index in [1.165, 1.54) is 19.2 Å². The molecule has 1 aliphatic rings. The van der Waals surface area contributed by atoms with E-state index in [2.05, 4.69) is 25.0 Å². The van der Waals surface area contributed by atoms with Gasteiger partial charge in [0.05, 0.1) is 24.7 Å². The molecule has 4 aromatic rings. The van der Waals surface area contributed by atoms with E-state index in [-0.39, 0.29) is 17.4 Å². The van der Waals surface area contributed by atoms with Gasteiger partial charge in [0.1, 0.15) is 17.3 Å². The van der Waals surface area contributed by atoms with E-state index >= 15 is 0 Å². The van der Waals surface area contributed by atoms with Crippen LogP contribution in [0.2, 0.25) is 0 Å². The summed E-state index contributed by atoms with van der Waals surface area (Å²) in [6.07, 6.45) is 5.80.